The van der Waals surface area contributed by atoms with Crippen molar-refractivity contribution in [3.8, 4) is 0 Å². The van der Waals surface area contributed by atoms with Crippen LogP contribution in [0.15, 0.2) is 59.2 Å². The summed E-state index contributed by atoms with van der Waals surface area (Å²) < 4.78 is 0.731. The Morgan fingerprint density at radius 3 is 2.73 bits per heavy atom. The molecule has 132 valence electrons. The van der Waals surface area contributed by atoms with Crippen LogP contribution in [0.5, 0.6) is 0 Å². The first-order valence-electron chi connectivity index (χ1n) is 7.76. The van der Waals surface area contributed by atoms with Gasteiger partial charge in [0.05, 0.1) is 11.1 Å². The monoisotopic (exact) mass is 432 g/mol. The summed E-state index contributed by atoms with van der Waals surface area (Å²) in [4.78, 5) is 28.3. The Bertz CT molecular complexity index is 993. The Labute approximate surface area is 163 Å². The van der Waals surface area contributed by atoms with Gasteiger partial charge in [0.15, 0.2) is 0 Å². The number of carboxylic acids is 1. The normalized spacial score (nSPS) is 11.9. The molecular weight excluding hydrogens is 420 g/mol. The van der Waals surface area contributed by atoms with Gasteiger partial charge >= 0.3 is 5.97 Å². The number of amides is 1. The van der Waals surface area contributed by atoms with Crippen LogP contribution < -0.4 is 5.32 Å². The van der Waals surface area contributed by atoms with E-state index < -0.39 is 17.9 Å². The highest BCUT2D eigenvalue weighted by Crippen LogP contribution is 2.22. The zero-order valence-electron chi connectivity index (χ0n) is 13.4. The van der Waals surface area contributed by atoms with Gasteiger partial charge in [-0.05, 0) is 35.9 Å². The molecular formula is C19H14BrClN2O3. The summed E-state index contributed by atoms with van der Waals surface area (Å²) in [7, 11) is 0. The van der Waals surface area contributed by atoms with E-state index in [-0.39, 0.29) is 6.42 Å². The topological polar surface area (TPSA) is 79.3 Å². The van der Waals surface area contributed by atoms with E-state index in [0.717, 1.165) is 15.4 Å². The second kappa shape index (κ2) is 7.85. The van der Waals surface area contributed by atoms with Crippen molar-refractivity contribution >= 4 is 50.3 Å². The molecule has 1 heterocycles. The number of nitrogens with one attached hydrogen (secondary N) is 1. The molecule has 0 saturated heterocycles. The molecule has 7 heteroatoms. The van der Waals surface area contributed by atoms with E-state index in [1.54, 1.807) is 24.3 Å². The third-order valence-corrected chi connectivity index (χ3v) is 4.90. The lowest BCUT2D eigenvalue weighted by atomic mass is 10.1. The van der Waals surface area contributed by atoms with Gasteiger partial charge in [-0.3, -0.25) is 9.78 Å². The Hall–Kier alpha value is -2.44. The lowest BCUT2D eigenvalue weighted by Gasteiger charge is -2.16. The Balaban J connectivity index is 1.81. The zero-order chi connectivity index (χ0) is 18.7. The molecule has 1 atom stereocenters. The van der Waals surface area contributed by atoms with Crippen LogP contribution >= 0.6 is 27.5 Å². The van der Waals surface area contributed by atoms with E-state index in [1.807, 2.05) is 24.3 Å². The second-order valence-electron chi connectivity index (χ2n) is 5.72. The molecule has 3 aromatic rings. The predicted octanol–water partition coefficient (Wildman–Crippen LogP) is 4.08. The van der Waals surface area contributed by atoms with Gasteiger partial charge in [-0.1, -0.05) is 45.7 Å². The van der Waals surface area contributed by atoms with Crippen molar-refractivity contribution in [1.82, 2.24) is 10.3 Å². The van der Waals surface area contributed by atoms with Crippen LogP contribution in [-0.2, 0) is 11.2 Å². The van der Waals surface area contributed by atoms with E-state index in [0.29, 0.717) is 16.1 Å². The number of pyridine rings is 1. The highest BCUT2D eigenvalue weighted by atomic mass is 79.9. The lowest BCUT2D eigenvalue weighted by molar-refractivity contribution is -0.139. The molecule has 2 N–H and O–H groups in total. The molecule has 0 unspecified atom stereocenters. The number of carboxylic acid groups (broad SMARTS) is 1. The van der Waals surface area contributed by atoms with Gasteiger partial charge in [0, 0.05) is 27.5 Å². The molecule has 26 heavy (non-hydrogen) atoms. The number of benzene rings is 2. The molecule has 0 spiro atoms. The van der Waals surface area contributed by atoms with Crippen molar-refractivity contribution in [1.29, 1.82) is 0 Å². The number of aromatic nitrogens is 1. The fourth-order valence-electron chi connectivity index (χ4n) is 2.56. The number of halogens is 2. The molecule has 0 aliphatic carbocycles. The standard InChI is InChI=1S/C19H14BrClN2O3/c20-15-6-5-14(21)8-12(15)9-17(19(25)26)23-18(24)13-7-11-3-1-2-4-16(11)22-10-13/h1-8,10,17H,9H2,(H,23,24)(H,25,26)/t17-/m1/s1. The van der Waals surface area contributed by atoms with Crippen LogP contribution in [0.4, 0.5) is 0 Å². The van der Waals surface area contributed by atoms with Crippen LogP contribution in [0, 0.1) is 0 Å². The summed E-state index contributed by atoms with van der Waals surface area (Å²) in [6.45, 7) is 0. The van der Waals surface area contributed by atoms with Gasteiger partial charge in [-0.15, -0.1) is 0 Å². The Morgan fingerprint density at radius 1 is 1.19 bits per heavy atom. The highest BCUT2D eigenvalue weighted by molar-refractivity contribution is 9.10. The van der Waals surface area contributed by atoms with Crippen molar-refractivity contribution < 1.29 is 14.7 Å². The molecule has 1 amide bonds. The van der Waals surface area contributed by atoms with Crippen LogP contribution in [0.25, 0.3) is 10.9 Å². The van der Waals surface area contributed by atoms with E-state index >= 15 is 0 Å². The van der Waals surface area contributed by atoms with Crippen molar-refractivity contribution in [3.05, 3.63) is 75.4 Å². The summed E-state index contributed by atoms with van der Waals surface area (Å²) in [6, 6.07) is 13.1. The first kappa shape index (κ1) is 18.4. The molecule has 0 fully saturated rings. The first-order chi connectivity index (χ1) is 12.4. The van der Waals surface area contributed by atoms with Crippen molar-refractivity contribution in [3.63, 3.8) is 0 Å². The van der Waals surface area contributed by atoms with Crippen LogP contribution in [0.2, 0.25) is 5.02 Å². The van der Waals surface area contributed by atoms with E-state index in [2.05, 4.69) is 26.2 Å². The molecule has 3 rings (SSSR count). The minimum atomic E-state index is -1.13. The fourth-order valence-corrected chi connectivity index (χ4v) is 3.16. The minimum absolute atomic E-state index is 0.100. The Kier molecular flexibility index (Phi) is 5.54. The third kappa shape index (κ3) is 4.20. The number of hydrogen-bond donors (Lipinski definition) is 2. The van der Waals surface area contributed by atoms with Crippen molar-refractivity contribution in [2.24, 2.45) is 0 Å². The molecule has 0 radical (unpaired) electrons. The molecule has 0 aliphatic rings. The van der Waals surface area contributed by atoms with Gasteiger partial charge in [0.25, 0.3) is 5.91 Å². The van der Waals surface area contributed by atoms with Crippen molar-refractivity contribution in [2.75, 3.05) is 0 Å². The minimum Gasteiger partial charge on any atom is -0.480 e. The molecule has 5 nitrogen and oxygen atoms in total. The van der Waals surface area contributed by atoms with Gasteiger partial charge in [0.1, 0.15) is 6.04 Å². The Morgan fingerprint density at radius 2 is 1.96 bits per heavy atom. The summed E-state index contributed by atoms with van der Waals surface area (Å²) in [5.74, 6) is -1.62. The second-order valence-corrected chi connectivity index (χ2v) is 7.01. The van der Waals surface area contributed by atoms with E-state index in [4.69, 9.17) is 11.6 Å². The summed E-state index contributed by atoms with van der Waals surface area (Å²) in [5.41, 5.74) is 1.77. The van der Waals surface area contributed by atoms with Gasteiger partial charge in [0.2, 0.25) is 0 Å². The van der Waals surface area contributed by atoms with Crippen LogP contribution in [-0.4, -0.2) is 28.0 Å². The summed E-state index contributed by atoms with van der Waals surface area (Å²) in [5, 5.41) is 13.3. The van der Waals surface area contributed by atoms with Gasteiger partial charge in [-0.25, -0.2) is 4.79 Å². The average Bonchev–Trinajstić information content (AvgIpc) is 2.63. The summed E-state index contributed by atoms with van der Waals surface area (Å²) >= 11 is 9.35. The van der Waals surface area contributed by atoms with Crippen molar-refractivity contribution in [2.45, 2.75) is 12.5 Å². The highest BCUT2D eigenvalue weighted by Gasteiger charge is 2.22. The SMILES string of the molecule is O=C(N[C@H](Cc1cc(Cl)ccc1Br)C(=O)O)c1cnc2ccccc2c1. The largest absolute Gasteiger partial charge is 0.480 e. The molecule has 2 aromatic carbocycles. The number of hydrogen-bond acceptors (Lipinski definition) is 3. The maximum Gasteiger partial charge on any atom is 0.326 e. The van der Waals surface area contributed by atoms with Crippen LogP contribution in [0.1, 0.15) is 15.9 Å². The predicted molar refractivity (Wildman–Crippen MR) is 103 cm³/mol. The number of para-hydroxylation sites is 1. The third-order valence-electron chi connectivity index (χ3n) is 3.89. The number of fused-ring (bicyclic) bond motifs is 1. The first-order valence-corrected chi connectivity index (χ1v) is 8.93. The number of rotatable bonds is 5. The molecule has 1 aromatic heterocycles. The molecule has 0 bridgehead atoms. The van der Waals surface area contributed by atoms with Gasteiger partial charge in [-0.2, -0.15) is 0 Å². The number of carbonyl (C=O) groups is 2. The van der Waals surface area contributed by atoms with Crippen LogP contribution in [0.3, 0.4) is 0 Å². The summed E-state index contributed by atoms with van der Waals surface area (Å²) in [6.07, 6.45) is 1.54. The van der Waals surface area contributed by atoms with E-state index in [1.165, 1.54) is 6.20 Å². The lowest BCUT2D eigenvalue weighted by Crippen LogP contribution is -2.42. The molecule has 0 saturated carbocycles. The zero-order valence-corrected chi connectivity index (χ0v) is 15.8. The maximum atomic E-state index is 12.5. The fraction of sp³-hybridized carbons (Fsp3) is 0.105. The number of nitrogens with zero attached hydrogens (tertiary/aromatic N) is 1. The van der Waals surface area contributed by atoms with Gasteiger partial charge < -0.3 is 10.4 Å². The maximum absolute atomic E-state index is 12.5. The quantitative estimate of drug-likeness (QED) is 0.635. The van der Waals surface area contributed by atoms with E-state index in [9.17, 15) is 14.7 Å². The molecule has 0 aliphatic heterocycles. The smallest absolute Gasteiger partial charge is 0.326 e. The number of carbonyl (C=O) groups excluding carboxylic acids is 1. The average molecular weight is 434 g/mol. The number of aliphatic carboxylic acids is 1.